The van der Waals surface area contributed by atoms with E-state index in [2.05, 4.69) is 28.8 Å². The lowest BCUT2D eigenvalue weighted by atomic mass is 10.1. The Morgan fingerprint density at radius 3 is 2.31 bits per heavy atom. The van der Waals surface area contributed by atoms with Crippen LogP contribution in [0.4, 0.5) is 0 Å². The summed E-state index contributed by atoms with van der Waals surface area (Å²) >= 11 is 0. The Kier molecular flexibility index (Phi) is 5.63. The molecular formula is C20H24N2O4. The molecule has 0 radical (unpaired) electrons. The van der Waals surface area contributed by atoms with Crippen LogP contribution in [-0.4, -0.2) is 27.2 Å². The minimum Gasteiger partial charge on any atom is -0.493 e. The average Bonchev–Trinajstić information content (AvgIpc) is 3.13. The Labute approximate surface area is 153 Å². The average molecular weight is 356 g/mol. The van der Waals surface area contributed by atoms with Gasteiger partial charge in [0.2, 0.25) is 11.7 Å². The maximum absolute atomic E-state index is 12.3. The molecule has 0 saturated heterocycles. The third-order valence-electron chi connectivity index (χ3n) is 4.48. The Hall–Kier alpha value is -2.73. The molecule has 138 valence electrons. The van der Waals surface area contributed by atoms with E-state index in [9.17, 15) is 4.79 Å². The number of carbonyl (C=O) groups is 1. The van der Waals surface area contributed by atoms with Crippen LogP contribution in [0.3, 0.4) is 0 Å². The molecule has 0 fully saturated rings. The third kappa shape index (κ3) is 3.91. The van der Waals surface area contributed by atoms with Gasteiger partial charge in [-0.25, -0.2) is 0 Å². The van der Waals surface area contributed by atoms with Crippen LogP contribution in [0, 0.1) is 0 Å². The van der Waals surface area contributed by atoms with Crippen LogP contribution in [0.1, 0.15) is 22.3 Å². The van der Waals surface area contributed by atoms with Crippen LogP contribution in [0.15, 0.2) is 30.3 Å². The molecular weight excluding hydrogens is 332 g/mol. The highest BCUT2D eigenvalue weighted by molar-refractivity contribution is 5.79. The fraction of sp³-hybridized carbons (Fsp3) is 0.350. The number of benzene rings is 2. The number of rotatable bonds is 7. The van der Waals surface area contributed by atoms with Crippen LogP contribution in [-0.2, 0) is 30.8 Å². The quantitative estimate of drug-likeness (QED) is 0.796. The first-order chi connectivity index (χ1) is 12.6. The number of hydrogen-bond acceptors (Lipinski definition) is 5. The van der Waals surface area contributed by atoms with Gasteiger partial charge in [-0.15, -0.1) is 0 Å². The summed E-state index contributed by atoms with van der Waals surface area (Å²) < 4.78 is 16.0. The van der Waals surface area contributed by atoms with Crippen molar-refractivity contribution in [2.75, 3.05) is 21.3 Å². The predicted molar refractivity (Wildman–Crippen MR) is 98.6 cm³/mol. The van der Waals surface area contributed by atoms with Crippen molar-refractivity contribution in [1.82, 2.24) is 10.6 Å². The number of methoxy groups -OCH3 is 3. The second-order valence-electron chi connectivity index (χ2n) is 6.19. The first-order valence-electron chi connectivity index (χ1n) is 8.51. The van der Waals surface area contributed by atoms with Crippen LogP contribution in [0.25, 0.3) is 0 Å². The van der Waals surface area contributed by atoms with E-state index in [-0.39, 0.29) is 12.3 Å². The smallest absolute Gasteiger partial charge is 0.224 e. The van der Waals surface area contributed by atoms with Crippen LogP contribution in [0.2, 0.25) is 0 Å². The van der Waals surface area contributed by atoms with Crippen molar-refractivity contribution >= 4 is 5.91 Å². The SMILES string of the molecule is COc1cc(CC(=O)NCc2ccc3c(c2)CNC3)cc(OC)c1OC. The third-order valence-corrected chi connectivity index (χ3v) is 4.48. The normalized spacial score (nSPS) is 12.4. The van der Waals surface area contributed by atoms with Crippen molar-refractivity contribution in [2.24, 2.45) is 0 Å². The fourth-order valence-electron chi connectivity index (χ4n) is 3.14. The summed E-state index contributed by atoms with van der Waals surface area (Å²) in [6.45, 7) is 2.32. The van der Waals surface area contributed by atoms with Crippen molar-refractivity contribution in [3.63, 3.8) is 0 Å². The molecule has 1 aliphatic rings. The summed E-state index contributed by atoms with van der Waals surface area (Å²) in [5.41, 5.74) is 4.54. The van der Waals surface area contributed by atoms with Crippen molar-refractivity contribution in [1.29, 1.82) is 0 Å². The number of fused-ring (bicyclic) bond motifs is 1. The molecule has 6 nitrogen and oxygen atoms in total. The van der Waals surface area contributed by atoms with Gasteiger partial charge < -0.3 is 24.8 Å². The highest BCUT2D eigenvalue weighted by Gasteiger charge is 2.15. The molecule has 2 N–H and O–H groups in total. The zero-order chi connectivity index (χ0) is 18.5. The molecule has 0 aliphatic carbocycles. The van der Waals surface area contributed by atoms with Gasteiger partial charge in [0.15, 0.2) is 11.5 Å². The Morgan fingerprint density at radius 2 is 1.65 bits per heavy atom. The number of ether oxygens (including phenoxy) is 3. The van der Waals surface area contributed by atoms with Crippen LogP contribution >= 0.6 is 0 Å². The van der Waals surface area contributed by atoms with Crippen LogP contribution in [0.5, 0.6) is 17.2 Å². The topological polar surface area (TPSA) is 68.8 Å². The van der Waals surface area contributed by atoms with Crippen molar-refractivity contribution in [3.05, 3.63) is 52.6 Å². The highest BCUT2D eigenvalue weighted by atomic mass is 16.5. The van der Waals surface area contributed by atoms with Gasteiger partial charge in [0.05, 0.1) is 27.8 Å². The molecule has 2 aromatic rings. The molecule has 0 atom stereocenters. The van der Waals surface area contributed by atoms with E-state index >= 15 is 0 Å². The van der Waals surface area contributed by atoms with Gasteiger partial charge in [0, 0.05) is 19.6 Å². The summed E-state index contributed by atoms with van der Waals surface area (Å²) in [4.78, 5) is 12.3. The molecule has 0 spiro atoms. The zero-order valence-corrected chi connectivity index (χ0v) is 15.3. The number of hydrogen-bond donors (Lipinski definition) is 2. The van der Waals surface area contributed by atoms with E-state index < -0.39 is 0 Å². The van der Waals surface area contributed by atoms with E-state index in [1.807, 2.05) is 0 Å². The lowest BCUT2D eigenvalue weighted by Gasteiger charge is -2.14. The second kappa shape index (κ2) is 8.10. The molecule has 0 aromatic heterocycles. The molecule has 26 heavy (non-hydrogen) atoms. The molecule has 3 rings (SSSR count). The number of carbonyl (C=O) groups excluding carboxylic acids is 1. The summed E-state index contributed by atoms with van der Waals surface area (Å²) in [5, 5.41) is 6.29. The molecule has 0 saturated carbocycles. The van der Waals surface area contributed by atoms with Crippen molar-refractivity contribution in [2.45, 2.75) is 26.1 Å². The molecule has 6 heteroatoms. The standard InChI is InChI=1S/C20H24N2O4/c1-24-17-7-14(8-18(25-2)20(17)26-3)9-19(23)22-10-13-4-5-15-11-21-12-16(15)6-13/h4-8,21H,9-12H2,1-3H3,(H,22,23). The summed E-state index contributed by atoms with van der Waals surface area (Å²) in [6, 6.07) is 9.92. The minimum atomic E-state index is -0.0575. The van der Waals surface area contributed by atoms with E-state index in [0.717, 1.165) is 24.2 Å². The maximum Gasteiger partial charge on any atom is 0.224 e. The predicted octanol–water partition coefficient (Wildman–Crippen LogP) is 2.17. The first-order valence-corrected chi connectivity index (χ1v) is 8.51. The van der Waals surface area contributed by atoms with E-state index in [0.29, 0.717) is 23.8 Å². The van der Waals surface area contributed by atoms with Gasteiger partial charge in [0.25, 0.3) is 0 Å². The van der Waals surface area contributed by atoms with E-state index in [1.54, 1.807) is 33.5 Å². The number of nitrogens with one attached hydrogen (secondary N) is 2. The number of amides is 1. The van der Waals surface area contributed by atoms with Gasteiger partial charge in [0.1, 0.15) is 0 Å². The van der Waals surface area contributed by atoms with Gasteiger partial charge in [-0.05, 0) is 34.4 Å². The molecule has 2 aromatic carbocycles. The molecule has 0 unspecified atom stereocenters. The summed E-state index contributed by atoms with van der Waals surface area (Å²) in [6.07, 6.45) is 0.239. The van der Waals surface area contributed by atoms with Gasteiger partial charge in [-0.3, -0.25) is 4.79 Å². The largest absolute Gasteiger partial charge is 0.493 e. The minimum absolute atomic E-state index is 0.0575. The van der Waals surface area contributed by atoms with E-state index in [1.165, 1.54) is 11.1 Å². The Balaban J connectivity index is 1.64. The molecule has 1 heterocycles. The molecule has 1 amide bonds. The monoisotopic (exact) mass is 356 g/mol. The van der Waals surface area contributed by atoms with Crippen molar-refractivity contribution < 1.29 is 19.0 Å². The Morgan fingerprint density at radius 1 is 0.962 bits per heavy atom. The van der Waals surface area contributed by atoms with Gasteiger partial charge >= 0.3 is 0 Å². The fourth-order valence-corrected chi connectivity index (χ4v) is 3.14. The zero-order valence-electron chi connectivity index (χ0n) is 15.3. The molecule has 0 bridgehead atoms. The molecule has 1 aliphatic heterocycles. The van der Waals surface area contributed by atoms with E-state index in [4.69, 9.17) is 14.2 Å². The Bertz CT molecular complexity index is 779. The van der Waals surface area contributed by atoms with Crippen molar-refractivity contribution in [3.8, 4) is 17.2 Å². The second-order valence-corrected chi connectivity index (χ2v) is 6.19. The van der Waals surface area contributed by atoms with Gasteiger partial charge in [-0.1, -0.05) is 18.2 Å². The lowest BCUT2D eigenvalue weighted by Crippen LogP contribution is -2.24. The maximum atomic E-state index is 12.3. The lowest BCUT2D eigenvalue weighted by molar-refractivity contribution is -0.120. The van der Waals surface area contributed by atoms with Crippen LogP contribution < -0.4 is 24.8 Å². The first kappa shape index (κ1) is 18.1. The summed E-state index contributed by atoms with van der Waals surface area (Å²) in [5.74, 6) is 1.55. The summed E-state index contributed by atoms with van der Waals surface area (Å²) in [7, 11) is 4.67. The highest BCUT2D eigenvalue weighted by Crippen LogP contribution is 2.38. The van der Waals surface area contributed by atoms with Gasteiger partial charge in [-0.2, -0.15) is 0 Å².